The summed E-state index contributed by atoms with van der Waals surface area (Å²) in [7, 11) is 0. The maximum atomic E-state index is 9.25. The molecule has 66 valence electrons. The first-order chi connectivity index (χ1) is 5.79. The molecule has 0 bridgehead atoms. The molecule has 0 amide bonds. The maximum absolute atomic E-state index is 9.25. The molecule has 1 aromatic rings. The van der Waals surface area contributed by atoms with E-state index in [1.807, 2.05) is 4.68 Å². The van der Waals surface area contributed by atoms with Crippen molar-refractivity contribution in [1.29, 1.82) is 0 Å². The Morgan fingerprint density at radius 2 is 2.58 bits per heavy atom. The van der Waals surface area contributed by atoms with E-state index in [4.69, 9.17) is 0 Å². The van der Waals surface area contributed by atoms with Crippen LogP contribution in [-0.4, -0.2) is 28.0 Å². The molecule has 0 aliphatic carbocycles. The number of nitrogens with zero attached hydrogens (tertiary/aromatic N) is 2. The van der Waals surface area contributed by atoms with Crippen molar-refractivity contribution in [3.8, 4) is 5.75 Å². The number of rotatable bonds is 1. The number of aromatic nitrogens is 2. The summed E-state index contributed by atoms with van der Waals surface area (Å²) >= 11 is 3.28. The Kier molecular flexibility index (Phi) is 2.06. The molecule has 5 heteroatoms. The Morgan fingerprint density at radius 3 is 3.08 bits per heavy atom. The molecule has 0 spiro atoms. The normalized spacial score (nSPS) is 23.2. The summed E-state index contributed by atoms with van der Waals surface area (Å²) in [6, 6.07) is 0.375. The average Bonchev–Trinajstić information content (AvgIpc) is 2.64. The topological polar surface area (TPSA) is 50.1 Å². The van der Waals surface area contributed by atoms with E-state index in [2.05, 4.69) is 26.3 Å². The summed E-state index contributed by atoms with van der Waals surface area (Å²) in [5.41, 5.74) is 0. The second-order valence-electron chi connectivity index (χ2n) is 2.91. The lowest BCUT2D eigenvalue weighted by atomic mass is 10.3. The Bertz CT molecular complexity index is 280. The van der Waals surface area contributed by atoms with Gasteiger partial charge in [0.2, 0.25) is 0 Å². The van der Waals surface area contributed by atoms with Gasteiger partial charge >= 0.3 is 0 Å². The smallest absolute Gasteiger partial charge is 0.168 e. The SMILES string of the molecule is Oc1cnn(C2CCNC2)c1Br. The summed E-state index contributed by atoms with van der Waals surface area (Å²) in [6.45, 7) is 1.96. The predicted octanol–water partition coefficient (Wildman–Crippen LogP) is 0.886. The molecule has 1 unspecified atom stereocenters. The minimum Gasteiger partial charge on any atom is -0.504 e. The van der Waals surface area contributed by atoms with E-state index in [0.29, 0.717) is 10.6 Å². The Balaban J connectivity index is 2.26. The second kappa shape index (κ2) is 3.06. The fourth-order valence-corrected chi connectivity index (χ4v) is 1.92. The largest absolute Gasteiger partial charge is 0.504 e. The van der Waals surface area contributed by atoms with Gasteiger partial charge in [-0.05, 0) is 28.9 Å². The molecule has 2 heterocycles. The Morgan fingerprint density at radius 1 is 1.75 bits per heavy atom. The molecule has 1 aromatic heterocycles. The average molecular weight is 232 g/mol. The molecule has 2 N–H and O–H groups in total. The number of nitrogens with one attached hydrogen (secondary N) is 1. The molecule has 12 heavy (non-hydrogen) atoms. The maximum Gasteiger partial charge on any atom is 0.168 e. The highest BCUT2D eigenvalue weighted by atomic mass is 79.9. The van der Waals surface area contributed by atoms with Crippen LogP contribution in [0.5, 0.6) is 5.75 Å². The van der Waals surface area contributed by atoms with E-state index >= 15 is 0 Å². The standard InChI is InChI=1S/C7H10BrN3O/c8-7-6(12)4-10-11(7)5-1-2-9-3-5/h4-5,9,12H,1-3H2. The quantitative estimate of drug-likeness (QED) is 0.755. The van der Waals surface area contributed by atoms with E-state index in [1.54, 1.807) is 0 Å². The summed E-state index contributed by atoms with van der Waals surface area (Å²) in [5, 5.41) is 16.6. The lowest BCUT2D eigenvalue weighted by Crippen LogP contribution is -2.14. The third-order valence-corrected chi connectivity index (χ3v) is 2.87. The van der Waals surface area contributed by atoms with Crippen LogP contribution >= 0.6 is 15.9 Å². The molecule has 1 aliphatic rings. The molecule has 0 aromatic carbocycles. The van der Waals surface area contributed by atoms with Gasteiger partial charge in [-0.2, -0.15) is 5.10 Å². The molecule has 1 saturated heterocycles. The highest BCUT2D eigenvalue weighted by Crippen LogP contribution is 2.27. The van der Waals surface area contributed by atoms with Crippen LogP contribution in [-0.2, 0) is 0 Å². The van der Waals surface area contributed by atoms with Crippen molar-refractivity contribution in [1.82, 2.24) is 15.1 Å². The van der Waals surface area contributed by atoms with E-state index in [-0.39, 0.29) is 5.75 Å². The second-order valence-corrected chi connectivity index (χ2v) is 3.66. The van der Waals surface area contributed by atoms with Crippen molar-refractivity contribution in [3.63, 3.8) is 0 Å². The van der Waals surface area contributed by atoms with Crippen LogP contribution in [0, 0.1) is 0 Å². The minimum atomic E-state index is 0.210. The molecule has 1 fully saturated rings. The molecule has 1 aliphatic heterocycles. The Labute approximate surface area is 78.7 Å². The zero-order chi connectivity index (χ0) is 8.55. The van der Waals surface area contributed by atoms with Gasteiger partial charge < -0.3 is 10.4 Å². The van der Waals surface area contributed by atoms with Gasteiger partial charge in [0.25, 0.3) is 0 Å². The van der Waals surface area contributed by atoms with Crippen LogP contribution in [0.4, 0.5) is 0 Å². The molecule has 0 saturated carbocycles. The van der Waals surface area contributed by atoms with Crippen molar-refractivity contribution in [2.24, 2.45) is 0 Å². The lowest BCUT2D eigenvalue weighted by Gasteiger charge is -2.09. The van der Waals surface area contributed by atoms with Crippen LogP contribution < -0.4 is 5.32 Å². The number of aromatic hydroxyl groups is 1. The first kappa shape index (κ1) is 8.07. The summed E-state index contributed by atoms with van der Waals surface area (Å²) in [5.74, 6) is 0.210. The van der Waals surface area contributed by atoms with Crippen LogP contribution in [0.2, 0.25) is 0 Å². The Hall–Kier alpha value is -0.550. The van der Waals surface area contributed by atoms with Crippen molar-refractivity contribution >= 4 is 15.9 Å². The molecule has 0 radical (unpaired) electrons. The van der Waals surface area contributed by atoms with Gasteiger partial charge in [-0.1, -0.05) is 0 Å². The fraction of sp³-hybridized carbons (Fsp3) is 0.571. The highest BCUT2D eigenvalue weighted by molar-refractivity contribution is 9.10. The van der Waals surface area contributed by atoms with Crippen LogP contribution in [0.15, 0.2) is 10.8 Å². The first-order valence-electron chi connectivity index (χ1n) is 3.91. The number of hydrogen-bond donors (Lipinski definition) is 2. The van der Waals surface area contributed by atoms with E-state index in [9.17, 15) is 5.11 Å². The zero-order valence-corrected chi connectivity index (χ0v) is 8.08. The van der Waals surface area contributed by atoms with E-state index in [1.165, 1.54) is 6.20 Å². The van der Waals surface area contributed by atoms with Crippen LogP contribution in [0.25, 0.3) is 0 Å². The minimum absolute atomic E-state index is 0.210. The van der Waals surface area contributed by atoms with Crippen LogP contribution in [0.3, 0.4) is 0 Å². The zero-order valence-electron chi connectivity index (χ0n) is 6.50. The van der Waals surface area contributed by atoms with Crippen molar-refractivity contribution in [3.05, 3.63) is 10.8 Å². The van der Waals surface area contributed by atoms with Crippen molar-refractivity contribution in [2.45, 2.75) is 12.5 Å². The summed E-state index contributed by atoms with van der Waals surface area (Å²) in [6.07, 6.45) is 2.53. The molecular weight excluding hydrogens is 222 g/mol. The van der Waals surface area contributed by atoms with E-state index < -0.39 is 0 Å². The summed E-state index contributed by atoms with van der Waals surface area (Å²) < 4.78 is 2.49. The van der Waals surface area contributed by atoms with Crippen LogP contribution in [0.1, 0.15) is 12.5 Å². The van der Waals surface area contributed by atoms with Gasteiger partial charge in [0, 0.05) is 6.54 Å². The first-order valence-corrected chi connectivity index (χ1v) is 4.71. The van der Waals surface area contributed by atoms with Gasteiger partial charge in [0.1, 0.15) is 4.60 Å². The predicted molar refractivity (Wildman–Crippen MR) is 48.1 cm³/mol. The van der Waals surface area contributed by atoms with Gasteiger partial charge in [-0.15, -0.1) is 0 Å². The van der Waals surface area contributed by atoms with E-state index in [0.717, 1.165) is 19.5 Å². The van der Waals surface area contributed by atoms with Crippen molar-refractivity contribution in [2.75, 3.05) is 13.1 Å². The fourth-order valence-electron chi connectivity index (χ4n) is 1.44. The third kappa shape index (κ3) is 1.23. The van der Waals surface area contributed by atoms with Gasteiger partial charge in [-0.25, -0.2) is 0 Å². The molecule has 1 atom stereocenters. The molecular formula is C7H10BrN3O. The van der Waals surface area contributed by atoms with Gasteiger partial charge in [0.05, 0.1) is 12.2 Å². The number of halogens is 1. The monoisotopic (exact) mass is 231 g/mol. The molecule has 4 nitrogen and oxygen atoms in total. The third-order valence-electron chi connectivity index (χ3n) is 2.10. The lowest BCUT2D eigenvalue weighted by molar-refractivity contribution is 0.453. The summed E-state index contributed by atoms with van der Waals surface area (Å²) in [4.78, 5) is 0. The highest BCUT2D eigenvalue weighted by Gasteiger charge is 2.20. The molecule has 2 rings (SSSR count). The number of hydrogen-bond acceptors (Lipinski definition) is 3. The van der Waals surface area contributed by atoms with Crippen molar-refractivity contribution < 1.29 is 5.11 Å². The van der Waals surface area contributed by atoms with Gasteiger partial charge in [0.15, 0.2) is 5.75 Å². The van der Waals surface area contributed by atoms with Gasteiger partial charge in [-0.3, -0.25) is 4.68 Å².